The molecule has 0 unspecified atom stereocenters. The quantitative estimate of drug-likeness (QED) is 0.549. The van der Waals surface area contributed by atoms with Crippen molar-refractivity contribution in [3.05, 3.63) is 59.2 Å². The van der Waals surface area contributed by atoms with Crippen molar-refractivity contribution in [1.29, 1.82) is 0 Å². The molecule has 0 heterocycles. The lowest BCUT2D eigenvalue weighted by atomic mass is 9.97. The number of fused-ring (bicyclic) bond motifs is 1. The molecule has 0 saturated heterocycles. The van der Waals surface area contributed by atoms with Gasteiger partial charge in [0.25, 0.3) is 0 Å². The van der Waals surface area contributed by atoms with Gasteiger partial charge in [0, 0.05) is 5.56 Å². The summed E-state index contributed by atoms with van der Waals surface area (Å²) in [6.07, 6.45) is 1.69. The molecule has 2 aromatic carbocycles. The zero-order valence-corrected chi connectivity index (χ0v) is 10.4. The average molecular weight is 224 g/mol. The predicted molar refractivity (Wildman–Crippen MR) is 72.4 cm³/mol. The first-order valence-corrected chi connectivity index (χ1v) is 5.77. The molecule has 0 aromatic heterocycles. The third-order valence-corrected chi connectivity index (χ3v) is 2.83. The summed E-state index contributed by atoms with van der Waals surface area (Å²) in [5.41, 5.74) is 3.02. The van der Waals surface area contributed by atoms with Gasteiger partial charge in [-0.2, -0.15) is 0 Å². The van der Waals surface area contributed by atoms with Gasteiger partial charge in [-0.1, -0.05) is 42.0 Å². The van der Waals surface area contributed by atoms with Gasteiger partial charge in [-0.25, -0.2) is 0 Å². The molecule has 0 aliphatic rings. The normalized spacial score (nSPS) is 10.3. The van der Waals surface area contributed by atoms with Crippen LogP contribution in [-0.2, 0) is 0 Å². The van der Waals surface area contributed by atoms with Gasteiger partial charge in [0.05, 0.1) is 0 Å². The molecule has 0 atom stereocenters. The van der Waals surface area contributed by atoms with Crippen LogP contribution >= 0.6 is 0 Å². The Bertz CT molecular complexity index is 602. The average Bonchev–Trinajstić information content (AvgIpc) is 2.29. The maximum absolute atomic E-state index is 12.1. The van der Waals surface area contributed by atoms with E-state index in [1.54, 1.807) is 6.08 Å². The van der Waals surface area contributed by atoms with Crippen LogP contribution in [0.25, 0.3) is 10.8 Å². The lowest BCUT2D eigenvalue weighted by Crippen LogP contribution is -1.97. The summed E-state index contributed by atoms with van der Waals surface area (Å²) in [6, 6.07) is 12.0. The highest BCUT2D eigenvalue weighted by atomic mass is 16.1. The summed E-state index contributed by atoms with van der Waals surface area (Å²) < 4.78 is 0. The number of allylic oxidation sites excluding steroid dienone is 2. The Kier molecular flexibility index (Phi) is 3.10. The molecule has 1 nitrogen and oxygen atoms in total. The number of rotatable bonds is 2. The lowest BCUT2D eigenvalue weighted by Gasteiger charge is -2.06. The fourth-order valence-corrected chi connectivity index (χ4v) is 2.00. The molecule has 0 aliphatic heterocycles. The Morgan fingerprint density at radius 3 is 2.29 bits per heavy atom. The largest absolute Gasteiger partial charge is 0.289 e. The van der Waals surface area contributed by atoms with Crippen LogP contribution in [0, 0.1) is 6.92 Å². The first-order valence-electron chi connectivity index (χ1n) is 5.77. The van der Waals surface area contributed by atoms with Crippen LogP contribution < -0.4 is 0 Å². The summed E-state index contributed by atoms with van der Waals surface area (Å²) in [4.78, 5) is 12.1. The van der Waals surface area contributed by atoms with E-state index >= 15 is 0 Å². The van der Waals surface area contributed by atoms with E-state index in [9.17, 15) is 4.79 Å². The fraction of sp³-hybridized carbons (Fsp3) is 0.188. The maximum Gasteiger partial charge on any atom is 0.186 e. The zero-order valence-electron chi connectivity index (χ0n) is 10.4. The highest BCUT2D eigenvalue weighted by molar-refractivity contribution is 6.14. The molecule has 86 valence electrons. The number of carbonyl (C=O) groups excluding carboxylic acids is 1. The molecule has 0 fully saturated rings. The topological polar surface area (TPSA) is 17.1 Å². The molecule has 17 heavy (non-hydrogen) atoms. The molecule has 2 aromatic rings. The van der Waals surface area contributed by atoms with Gasteiger partial charge in [-0.3, -0.25) is 4.79 Å². The summed E-state index contributed by atoms with van der Waals surface area (Å²) in [6.45, 7) is 5.94. The van der Waals surface area contributed by atoms with Crippen molar-refractivity contribution in [2.75, 3.05) is 0 Å². The first kappa shape index (κ1) is 11.6. The summed E-state index contributed by atoms with van der Waals surface area (Å²) in [5, 5.41) is 2.19. The summed E-state index contributed by atoms with van der Waals surface area (Å²) >= 11 is 0. The standard InChI is InChI=1S/C16H16O/c1-11(2)10-16(17)15-9-8-12(3)13-6-4-5-7-14(13)15/h4-10H,1-3H3. The molecule has 0 saturated carbocycles. The van der Waals surface area contributed by atoms with Gasteiger partial charge in [-0.05, 0) is 43.2 Å². The van der Waals surface area contributed by atoms with Crippen molar-refractivity contribution in [1.82, 2.24) is 0 Å². The fourth-order valence-electron chi connectivity index (χ4n) is 2.00. The van der Waals surface area contributed by atoms with Crippen molar-refractivity contribution >= 4 is 16.6 Å². The second-order valence-electron chi connectivity index (χ2n) is 4.56. The third-order valence-electron chi connectivity index (χ3n) is 2.83. The minimum Gasteiger partial charge on any atom is -0.289 e. The number of benzene rings is 2. The smallest absolute Gasteiger partial charge is 0.186 e. The van der Waals surface area contributed by atoms with Gasteiger partial charge in [-0.15, -0.1) is 0 Å². The highest BCUT2D eigenvalue weighted by Gasteiger charge is 2.08. The number of hydrogen-bond acceptors (Lipinski definition) is 1. The molecule has 0 spiro atoms. The van der Waals surface area contributed by atoms with Crippen LogP contribution in [0.1, 0.15) is 29.8 Å². The Hall–Kier alpha value is -1.89. The van der Waals surface area contributed by atoms with E-state index in [2.05, 4.69) is 13.0 Å². The van der Waals surface area contributed by atoms with E-state index < -0.39 is 0 Å². The van der Waals surface area contributed by atoms with Crippen LogP contribution in [0.2, 0.25) is 0 Å². The van der Waals surface area contributed by atoms with Crippen LogP contribution in [0.5, 0.6) is 0 Å². The number of carbonyl (C=O) groups is 1. The molecular weight excluding hydrogens is 208 g/mol. The van der Waals surface area contributed by atoms with E-state index in [-0.39, 0.29) is 5.78 Å². The van der Waals surface area contributed by atoms with Gasteiger partial charge >= 0.3 is 0 Å². The monoisotopic (exact) mass is 224 g/mol. The summed E-state index contributed by atoms with van der Waals surface area (Å²) in [5.74, 6) is 0.0844. The molecule has 1 heteroatoms. The number of hydrogen-bond donors (Lipinski definition) is 0. The predicted octanol–water partition coefficient (Wildman–Crippen LogP) is 4.30. The van der Waals surface area contributed by atoms with Crippen LogP contribution in [-0.4, -0.2) is 5.78 Å². The van der Waals surface area contributed by atoms with E-state index in [1.165, 1.54) is 5.56 Å². The van der Waals surface area contributed by atoms with Crippen LogP contribution in [0.3, 0.4) is 0 Å². The van der Waals surface area contributed by atoms with Crippen molar-refractivity contribution in [3.8, 4) is 0 Å². The Morgan fingerprint density at radius 1 is 1.00 bits per heavy atom. The second kappa shape index (κ2) is 4.54. The van der Waals surface area contributed by atoms with Crippen molar-refractivity contribution in [2.24, 2.45) is 0 Å². The number of aryl methyl sites for hydroxylation is 1. The maximum atomic E-state index is 12.1. The van der Waals surface area contributed by atoms with E-state index in [1.807, 2.05) is 44.2 Å². The molecule has 0 amide bonds. The van der Waals surface area contributed by atoms with Gasteiger partial charge < -0.3 is 0 Å². The minimum absolute atomic E-state index is 0.0844. The lowest BCUT2D eigenvalue weighted by molar-refractivity contribution is 0.104. The van der Waals surface area contributed by atoms with Crippen molar-refractivity contribution in [3.63, 3.8) is 0 Å². The van der Waals surface area contributed by atoms with Gasteiger partial charge in [0.2, 0.25) is 0 Å². The Morgan fingerprint density at radius 2 is 1.65 bits per heavy atom. The van der Waals surface area contributed by atoms with Crippen LogP contribution in [0.15, 0.2) is 48.0 Å². The van der Waals surface area contributed by atoms with Gasteiger partial charge in [0.1, 0.15) is 0 Å². The number of ketones is 1. The first-order chi connectivity index (χ1) is 8.09. The molecular formula is C16H16O. The van der Waals surface area contributed by atoms with Gasteiger partial charge in [0.15, 0.2) is 5.78 Å². The molecule has 2 rings (SSSR count). The molecule has 0 aliphatic carbocycles. The third kappa shape index (κ3) is 2.28. The Labute approximate surface area is 102 Å². The highest BCUT2D eigenvalue weighted by Crippen LogP contribution is 2.23. The minimum atomic E-state index is 0.0844. The Balaban J connectivity index is 2.67. The molecule has 0 bridgehead atoms. The van der Waals surface area contributed by atoms with E-state index in [0.29, 0.717) is 0 Å². The van der Waals surface area contributed by atoms with Crippen molar-refractivity contribution < 1.29 is 4.79 Å². The van der Waals surface area contributed by atoms with E-state index in [0.717, 1.165) is 21.9 Å². The molecule has 0 radical (unpaired) electrons. The second-order valence-corrected chi connectivity index (χ2v) is 4.56. The SMILES string of the molecule is CC(C)=CC(=O)c1ccc(C)c2ccccc12. The zero-order chi connectivity index (χ0) is 12.4. The van der Waals surface area contributed by atoms with Crippen LogP contribution in [0.4, 0.5) is 0 Å². The molecule has 0 N–H and O–H groups in total. The van der Waals surface area contributed by atoms with Crippen molar-refractivity contribution in [2.45, 2.75) is 20.8 Å². The summed E-state index contributed by atoms with van der Waals surface area (Å²) in [7, 11) is 0. The van der Waals surface area contributed by atoms with E-state index in [4.69, 9.17) is 0 Å².